The molecule has 56 heavy (non-hydrogen) atoms. The van der Waals surface area contributed by atoms with Gasteiger partial charge in [0.25, 0.3) is 0 Å². The second-order valence-electron chi connectivity index (χ2n) is 13.1. The van der Waals surface area contributed by atoms with Gasteiger partial charge >= 0.3 is 13.8 Å². The fraction of sp³-hybridized carbons (Fsp3) is 0.184. The van der Waals surface area contributed by atoms with Gasteiger partial charge in [0.05, 0.1) is 66.7 Å². The summed E-state index contributed by atoms with van der Waals surface area (Å²) >= 11 is 0. The van der Waals surface area contributed by atoms with Crippen LogP contribution in [0.5, 0.6) is 0 Å². The summed E-state index contributed by atoms with van der Waals surface area (Å²) in [4.78, 5) is 13.5. The van der Waals surface area contributed by atoms with Crippen LogP contribution in [0.3, 0.4) is 0 Å². The molecule has 4 aromatic carbocycles. The highest BCUT2D eigenvalue weighted by atomic mass is 31.2. The highest BCUT2D eigenvalue weighted by Crippen LogP contribution is 2.53. The number of carbonyl (C=O) groups is 1. The molecule has 17 nitrogen and oxygen atoms in total. The Balaban J connectivity index is 1.00. The Morgan fingerprint density at radius 2 is 1.11 bits per heavy atom. The van der Waals surface area contributed by atoms with Gasteiger partial charge in [-0.1, -0.05) is 30.3 Å². The zero-order valence-electron chi connectivity index (χ0n) is 29.4. The highest BCUT2D eigenvalue weighted by Gasteiger charge is 2.46. The van der Waals surface area contributed by atoms with E-state index in [-0.39, 0.29) is 37.9 Å². The molecule has 0 spiro atoms. The van der Waals surface area contributed by atoms with Crippen LogP contribution in [0.25, 0.3) is 43.6 Å². The van der Waals surface area contributed by atoms with Gasteiger partial charge in [0, 0.05) is 21.5 Å². The Morgan fingerprint density at radius 1 is 0.625 bits per heavy atom. The number of esters is 1. The van der Waals surface area contributed by atoms with Crippen molar-refractivity contribution in [3.05, 3.63) is 131 Å². The number of ether oxygens (including phenoxy) is 3. The van der Waals surface area contributed by atoms with Crippen LogP contribution in [0, 0.1) is 0 Å². The molecule has 5 heterocycles. The number of nitrogens with zero attached hydrogens (tertiary/aromatic N) is 4. The number of hydrogen-bond acceptors (Lipinski definition) is 13. The summed E-state index contributed by atoms with van der Waals surface area (Å²) in [7, 11) is -4.55. The summed E-state index contributed by atoms with van der Waals surface area (Å²) in [6.07, 6.45) is 3.82. The van der Waals surface area contributed by atoms with Crippen LogP contribution in [0.4, 0.5) is 0 Å². The lowest BCUT2D eigenvalue weighted by atomic mass is 10.1. The molecule has 3 atom stereocenters. The summed E-state index contributed by atoms with van der Waals surface area (Å²) in [6, 6.07) is 22.0. The van der Waals surface area contributed by atoms with E-state index in [1.165, 1.54) is 0 Å². The highest BCUT2D eigenvalue weighted by molar-refractivity contribution is 7.48. The molecule has 1 unspecified atom stereocenters. The fourth-order valence-corrected chi connectivity index (χ4v) is 7.69. The molecule has 1 aliphatic heterocycles. The maximum atomic E-state index is 14.6. The molecule has 0 saturated carbocycles. The van der Waals surface area contributed by atoms with Crippen molar-refractivity contribution in [2.45, 2.75) is 38.6 Å². The van der Waals surface area contributed by atoms with Gasteiger partial charge in [0.2, 0.25) is 5.76 Å². The second kappa shape index (κ2) is 15.1. The number of nitrogens with one attached hydrogen (secondary N) is 4. The maximum Gasteiger partial charge on any atom is 0.475 e. The number of aromatic amines is 4. The van der Waals surface area contributed by atoms with Crippen LogP contribution in [0.1, 0.15) is 22.3 Å². The molecule has 0 aliphatic carbocycles. The van der Waals surface area contributed by atoms with E-state index in [2.05, 4.69) is 40.8 Å². The van der Waals surface area contributed by atoms with Crippen molar-refractivity contribution in [1.29, 1.82) is 0 Å². The number of rotatable bonds is 16. The monoisotopic (exact) mass is 776 g/mol. The third kappa shape index (κ3) is 7.36. The van der Waals surface area contributed by atoms with Gasteiger partial charge < -0.3 is 19.3 Å². The molecule has 4 aromatic heterocycles. The molecular weight excluding hydrogens is 743 g/mol. The number of fused-ring (bicyclic) bond motifs is 4. The minimum atomic E-state index is -4.55. The van der Waals surface area contributed by atoms with Crippen molar-refractivity contribution in [2.75, 3.05) is 6.61 Å². The minimum Gasteiger partial charge on any atom is -0.485 e. The molecule has 0 radical (unpaired) electrons. The lowest BCUT2D eigenvalue weighted by Crippen LogP contribution is -2.35. The Kier molecular flexibility index (Phi) is 9.50. The van der Waals surface area contributed by atoms with Gasteiger partial charge in [-0.3, -0.25) is 34.0 Å². The summed E-state index contributed by atoms with van der Waals surface area (Å²) < 4.78 is 50.5. The van der Waals surface area contributed by atoms with Gasteiger partial charge in [0.1, 0.15) is 19.3 Å². The quantitative estimate of drug-likeness (QED) is 0.0563. The molecule has 8 aromatic rings. The molecule has 5 N–H and O–H groups in total. The van der Waals surface area contributed by atoms with Crippen molar-refractivity contribution in [3.63, 3.8) is 0 Å². The van der Waals surface area contributed by atoms with Crippen molar-refractivity contribution < 1.29 is 42.2 Å². The van der Waals surface area contributed by atoms with Crippen LogP contribution >= 0.6 is 7.82 Å². The van der Waals surface area contributed by atoms with E-state index in [1.807, 2.05) is 54.6 Å². The minimum absolute atomic E-state index is 0.0210. The van der Waals surface area contributed by atoms with E-state index in [9.17, 15) is 14.5 Å². The molecule has 0 bridgehead atoms. The summed E-state index contributed by atoms with van der Waals surface area (Å²) in [6.45, 7) is -1.20. The lowest BCUT2D eigenvalue weighted by molar-refractivity contribution is -0.148. The van der Waals surface area contributed by atoms with Gasteiger partial charge in [-0.15, -0.1) is 0 Å². The third-order valence-electron chi connectivity index (χ3n) is 9.26. The standard InChI is InChI=1S/C38H33N8O9P/c47-17-34(55-56(49,52-20-24-4-8-32-29(11-24)16-42-45-32)53-21-25-1-5-26-13-39-46-33(26)12-25)35-36(50-18-22-2-6-30-27(9-22)14-40-43-30)37(38(48)54-35)51-19-23-3-7-31-28(10-23)15-41-44-31/h1-16,34-35,47H,17-21H2,(H,39,46)(H,40,43)(H,41,44)(H,42,45)/t34-,35+,56?/m0/s1. The van der Waals surface area contributed by atoms with Crippen LogP contribution < -0.4 is 0 Å². The van der Waals surface area contributed by atoms with E-state index in [0.29, 0.717) is 11.1 Å². The summed E-state index contributed by atoms with van der Waals surface area (Å²) in [5, 5.41) is 42.0. The van der Waals surface area contributed by atoms with E-state index in [4.69, 9.17) is 27.8 Å². The summed E-state index contributed by atoms with van der Waals surface area (Å²) in [5.74, 6) is -1.15. The normalized spacial score (nSPS) is 16.2. The second-order valence-corrected chi connectivity index (χ2v) is 14.7. The number of hydrogen-bond donors (Lipinski definition) is 5. The number of H-pyrrole nitrogens is 4. The van der Waals surface area contributed by atoms with Crippen molar-refractivity contribution in [3.8, 4) is 0 Å². The van der Waals surface area contributed by atoms with Crippen molar-refractivity contribution in [2.24, 2.45) is 0 Å². The molecule has 18 heteroatoms. The Bertz CT molecular complexity index is 2690. The number of phosphoric ester groups is 1. The molecular formula is C38H33N8O9P. The predicted molar refractivity (Wildman–Crippen MR) is 200 cm³/mol. The maximum absolute atomic E-state index is 14.6. The van der Waals surface area contributed by atoms with Gasteiger partial charge in [-0.05, 0) is 64.7 Å². The zero-order valence-corrected chi connectivity index (χ0v) is 30.3. The van der Waals surface area contributed by atoms with Crippen LogP contribution in [0.15, 0.2) is 109 Å². The number of phosphoric acid groups is 1. The fourth-order valence-electron chi connectivity index (χ4n) is 6.37. The number of cyclic esters (lactones) is 1. The Hall–Kier alpha value is -6.36. The van der Waals surface area contributed by atoms with E-state index >= 15 is 0 Å². The predicted octanol–water partition coefficient (Wildman–Crippen LogP) is 5.98. The smallest absolute Gasteiger partial charge is 0.475 e. The first-order chi connectivity index (χ1) is 27.4. The number of carbonyl (C=O) groups excluding carboxylic acids is 1. The van der Waals surface area contributed by atoms with Gasteiger partial charge in [-0.2, -0.15) is 20.4 Å². The number of aliphatic hydroxyl groups is 1. The third-order valence-corrected chi connectivity index (χ3v) is 10.7. The van der Waals surface area contributed by atoms with Crippen LogP contribution in [0.2, 0.25) is 0 Å². The van der Waals surface area contributed by atoms with Crippen LogP contribution in [-0.4, -0.2) is 70.7 Å². The topological polar surface area (TPSA) is 224 Å². The molecule has 284 valence electrons. The first-order valence-electron chi connectivity index (χ1n) is 17.5. The Morgan fingerprint density at radius 3 is 1.68 bits per heavy atom. The molecule has 1 aliphatic rings. The largest absolute Gasteiger partial charge is 0.485 e. The van der Waals surface area contributed by atoms with E-state index in [0.717, 1.165) is 54.7 Å². The van der Waals surface area contributed by atoms with E-state index < -0.39 is 32.6 Å². The average molecular weight is 777 g/mol. The first-order valence-corrected chi connectivity index (χ1v) is 18.9. The average Bonchev–Trinajstić information content (AvgIpc) is 4.07. The number of aromatic nitrogens is 8. The zero-order chi connectivity index (χ0) is 38.1. The van der Waals surface area contributed by atoms with Crippen molar-refractivity contribution >= 4 is 57.4 Å². The van der Waals surface area contributed by atoms with Crippen LogP contribution in [-0.2, 0) is 63.6 Å². The molecule has 0 fully saturated rings. The molecule has 0 amide bonds. The Labute approximate surface area is 316 Å². The lowest BCUT2D eigenvalue weighted by Gasteiger charge is -2.27. The first kappa shape index (κ1) is 35.3. The SMILES string of the molecule is O=C1O[C@H]([C@H](CO)OP(=O)(OCc2ccc3[nH]ncc3c2)OCc2ccc3cn[nH]c3c2)C(OCc2ccc3[nH]ncc3c2)=C1OCc1ccc2[nH]ncc2c1. The van der Waals surface area contributed by atoms with Gasteiger partial charge in [0.15, 0.2) is 11.9 Å². The molecule has 0 saturated heterocycles. The summed E-state index contributed by atoms with van der Waals surface area (Å²) in [5.41, 5.74) is 6.03. The van der Waals surface area contributed by atoms with Crippen molar-refractivity contribution in [1.82, 2.24) is 40.8 Å². The van der Waals surface area contributed by atoms with E-state index in [1.54, 1.807) is 43.0 Å². The number of benzene rings is 4. The van der Waals surface area contributed by atoms with Gasteiger partial charge in [-0.25, -0.2) is 9.36 Å². The molecule has 9 rings (SSSR count). The number of aliphatic hydroxyl groups excluding tert-OH is 1.